The van der Waals surface area contributed by atoms with Crippen LogP contribution in [0.25, 0.3) is 65.6 Å². The zero-order valence-electron chi connectivity index (χ0n) is 20.9. The number of para-hydroxylation sites is 2. The van der Waals surface area contributed by atoms with E-state index >= 15 is 0 Å². The van der Waals surface area contributed by atoms with Crippen LogP contribution in [-0.4, -0.2) is 0 Å². The molecule has 0 fully saturated rings. The third-order valence-corrected chi connectivity index (χ3v) is 7.72. The average Bonchev–Trinajstić information content (AvgIpc) is 3.10. The number of hydrogen-bond donors (Lipinski definition) is 0. The van der Waals surface area contributed by atoms with Gasteiger partial charge in [-0.05, 0) is 42.0 Å². The Balaban J connectivity index is 1.78. The normalized spacial score (nSPS) is 11.8. The molecule has 4 heterocycles. The molecule has 4 aromatic carbocycles. The van der Waals surface area contributed by atoms with E-state index in [-0.39, 0.29) is 0 Å². The molecule has 0 saturated carbocycles. The fourth-order valence-electron chi connectivity index (χ4n) is 6.03. The smallest absolute Gasteiger partial charge is 0.228 e. The third kappa shape index (κ3) is 2.96. The van der Waals surface area contributed by atoms with E-state index in [1.807, 2.05) is 6.07 Å². The fourth-order valence-corrected chi connectivity index (χ4v) is 6.03. The summed E-state index contributed by atoms with van der Waals surface area (Å²) in [5.41, 5.74) is 7.54. The van der Waals surface area contributed by atoms with Gasteiger partial charge in [-0.3, -0.25) is 0 Å². The molecule has 3 heteroatoms. The van der Waals surface area contributed by atoms with Crippen molar-refractivity contribution in [1.82, 2.24) is 0 Å². The van der Waals surface area contributed by atoms with Gasteiger partial charge in [0.05, 0.1) is 0 Å². The fraction of sp³-hybridized carbons (Fsp3) is 0.0286. The standard InChI is InChI=1S/C35H24N2O/c1-23-11-10-20-37-31-16-6-4-15-27(31)30-17-8-9-19-36(30)32-21-28-25-13-3-2-12-24(25)26-14-5-7-18-33(26)38-34(28)22-29(32)35(23)37/h2-22H,1H3/q+2. The van der Waals surface area contributed by atoms with E-state index < -0.39 is 0 Å². The first-order valence-corrected chi connectivity index (χ1v) is 12.9. The molecule has 0 bridgehead atoms. The molecule has 38 heavy (non-hydrogen) atoms. The van der Waals surface area contributed by atoms with Crippen LogP contribution in [0.1, 0.15) is 5.56 Å². The molecule has 178 valence electrons. The van der Waals surface area contributed by atoms with Crippen molar-refractivity contribution in [1.29, 1.82) is 0 Å². The molecule has 0 atom stereocenters. The summed E-state index contributed by atoms with van der Waals surface area (Å²) in [4.78, 5) is 0. The van der Waals surface area contributed by atoms with Gasteiger partial charge in [0.15, 0.2) is 12.4 Å². The lowest BCUT2D eigenvalue weighted by Crippen LogP contribution is -2.27. The second-order valence-corrected chi connectivity index (χ2v) is 9.89. The minimum absolute atomic E-state index is 0.864. The molecule has 8 aromatic rings. The van der Waals surface area contributed by atoms with Gasteiger partial charge in [-0.15, -0.1) is 0 Å². The summed E-state index contributed by atoms with van der Waals surface area (Å²) < 4.78 is 11.4. The number of pyridine rings is 2. The topological polar surface area (TPSA) is 21.3 Å². The Kier molecular flexibility index (Phi) is 4.44. The second-order valence-electron chi connectivity index (χ2n) is 9.89. The molecular formula is C35H24N2O+2. The molecule has 0 aliphatic heterocycles. The summed E-state index contributed by atoms with van der Waals surface area (Å²) in [5, 5.41) is 6.88. The van der Waals surface area contributed by atoms with E-state index in [1.54, 1.807) is 0 Å². The van der Waals surface area contributed by atoms with Crippen molar-refractivity contribution >= 4 is 65.6 Å². The molecule has 0 N–H and O–H groups in total. The van der Waals surface area contributed by atoms with Gasteiger partial charge in [0.2, 0.25) is 22.1 Å². The third-order valence-electron chi connectivity index (χ3n) is 7.72. The first-order valence-electron chi connectivity index (χ1n) is 12.9. The van der Waals surface area contributed by atoms with Crippen LogP contribution in [0.15, 0.2) is 132 Å². The van der Waals surface area contributed by atoms with Gasteiger partial charge in [0, 0.05) is 52.7 Å². The number of benzene rings is 4. The van der Waals surface area contributed by atoms with E-state index in [1.165, 1.54) is 21.7 Å². The summed E-state index contributed by atoms with van der Waals surface area (Å²) >= 11 is 0. The van der Waals surface area contributed by atoms with Crippen molar-refractivity contribution in [2.75, 3.05) is 0 Å². The molecular weight excluding hydrogens is 464 g/mol. The van der Waals surface area contributed by atoms with Crippen LogP contribution in [0.2, 0.25) is 0 Å². The Morgan fingerprint density at radius 1 is 0.447 bits per heavy atom. The zero-order valence-corrected chi connectivity index (χ0v) is 20.9. The quantitative estimate of drug-likeness (QED) is 0.198. The molecule has 0 unspecified atom stereocenters. The summed E-state index contributed by atoms with van der Waals surface area (Å²) in [6.07, 6.45) is 4.34. The number of nitrogens with zero attached hydrogens (tertiary/aromatic N) is 2. The van der Waals surface area contributed by atoms with E-state index in [4.69, 9.17) is 4.42 Å². The van der Waals surface area contributed by atoms with Crippen molar-refractivity contribution in [3.63, 3.8) is 0 Å². The van der Waals surface area contributed by atoms with Gasteiger partial charge >= 0.3 is 0 Å². The lowest BCUT2D eigenvalue weighted by atomic mass is 10.0. The Morgan fingerprint density at radius 3 is 1.92 bits per heavy atom. The average molecular weight is 489 g/mol. The van der Waals surface area contributed by atoms with Gasteiger partial charge in [-0.2, -0.15) is 8.80 Å². The minimum Gasteiger partial charge on any atom is -0.456 e. The molecule has 0 radical (unpaired) electrons. The van der Waals surface area contributed by atoms with Crippen LogP contribution in [0.3, 0.4) is 0 Å². The molecule has 0 aliphatic carbocycles. The Bertz CT molecular complexity index is 2310. The molecule has 3 nitrogen and oxygen atoms in total. The predicted molar refractivity (Wildman–Crippen MR) is 155 cm³/mol. The van der Waals surface area contributed by atoms with Crippen molar-refractivity contribution < 1.29 is 13.2 Å². The van der Waals surface area contributed by atoms with Crippen LogP contribution in [0.5, 0.6) is 0 Å². The number of rotatable bonds is 0. The maximum Gasteiger partial charge on any atom is 0.228 e. The molecule has 0 aliphatic rings. The number of aromatic nitrogens is 2. The highest BCUT2D eigenvalue weighted by atomic mass is 16.3. The SMILES string of the molecule is Cc1ccc[n+]2c3ccccc3c3cccc[n+]3c3cc4c(cc3c12)oc1ccccc1c1ccccc41. The summed E-state index contributed by atoms with van der Waals surface area (Å²) in [5.74, 6) is 0. The highest BCUT2D eigenvalue weighted by Gasteiger charge is 2.21. The number of aryl methyl sites for hydroxylation is 1. The minimum atomic E-state index is 0.864. The number of fused-ring (bicyclic) bond motifs is 13. The van der Waals surface area contributed by atoms with Crippen LogP contribution in [-0.2, 0) is 0 Å². The van der Waals surface area contributed by atoms with Gasteiger partial charge in [-0.25, -0.2) is 0 Å². The molecule has 4 aromatic heterocycles. The van der Waals surface area contributed by atoms with E-state index in [0.29, 0.717) is 0 Å². The van der Waals surface area contributed by atoms with Gasteiger partial charge < -0.3 is 4.42 Å². The van der Waals surface area contributed by atoms with Crippen molar-refractivity contribution in [3.8, 4) is 0 Å². The number of hydrogen-bond acceptors (Lipinski definition) is 1. The first-order chi connectivity index (χ1) is 18.8. The highest BCUT2D eigenvalue weighted by molar-refractivity contribution is 6.16. The Labute approximate surface area is 218 Å². The molecule has 8 rings (SSSR count). The predicted octanol–water partition coefficient (Wildman–Crippen LogP) is 7.96. The van der Waals surface area contributed by atoms with E-state index in [0.717, 1.165) is 49.4 Å². The maximum absolute atomic E-state index is 6.72. The monoisotopic (exact) mass is 488 g/mol. The Hall–Kier alpha value is -5.02. The van der Waals surface area contributed by atoms with Crippen molar-refractivity contribution in [3.05, 3.63) is 133 Å². The molecule has 0 spiro atoms. The maximum atomic E-state index is 6.72. The van der Waals surface area contributed by atoms with Gasteiger partial charge in [0.1, 0.15) is 21.9 Å². The zero-order chi connectivity index (χ0) is 25.2. The van der Waals surface area contributed by atoms with Crippen LogP contribution >= 0.6 is 0 Å². The van der Waals surface area contributed by atoms with Crippen molar-refractivity contribution in [2.45, 2.75) is 6.92 Å². The van der Waals surface area contributed by atoms with E-state index in [9.17, 15) is 0 Å². The highest BCUT2D eigenvalue weighted by Crippen LogP contribution is 2.33. The Morgan fingerprint density at radius 2 is 1.08 bits per heavy atom. The van der Waals surface area contributed by atoms with Crippen molar-refractivity contribution in [2.24, 2.45) is 0 Å². The largest absolute Gasteiger partial charge is 0.456 e. The summed E-state index contributed by atoms with van der Waals surface area (Å²) in [6, 6.07) is 40.9. The van der Waals surface area contributed by atoms with Gasteiger partial charge in [-0.1, -0.05) is 54.6 Å². The van der Waals surface area contributed by atoms with E-state index in [2.05, 4.69) is 137 Å². The second kappa shape index (κ2) is 7.99. The van der Waals surface area contributed by atoms with Crippen LogP contribution in [0, 0.1) is 6.92 Å². The summed E-state index contributed by atoms with van der Waals surface area (Å²) in [6.45, 7) is 2.19. The molecule has 0 amide bonds. The summed E-state index contributed by atoms with van der Waals surface area (Å²) in [7, 11) is 0. The van der Waals surface area contributed by atoms with Gasteiger partial charge in [0.25, 0.3) is 0 Å². The first kappa shape index (κ1) is 21.1. The lowest BCUT2D eigenvalue weighted by Gasteiger charge is -2.04. The van der Waals surface area contributed by atoms with Crippen LogP contribution in [0.4, 0.5) is 0 Å². The van der Waals surface area contributed by atoms with Crippen LogP contribution < -0.4 is 8.80 Å². The lowest BCUT2D eigenvalue weighted by molar-refractivity contribution is -0.488. The molecule has 0 saturated heterocycles.